The number of imide groups is 1. The van der Waals surface area contributed by atoms with Crippen molar-refractivity contribution in [3.05, 3.63) is 98.5 Å². The smallest absolute Gasteiger partial charge is 0.416 e. The van der Waals surface area contributed by atoms with Crippen LogP contribution in [0.2, 0.25) is 0 Å². The molecular formula is C30H22F3N3O6S2. The highest BCUT2D eigenvalue weighted by atomic mass is 32.2. The molecule has 0 unspecified atom stereocenters. The Morgan fingerprint density at radius 1 is 0.977 bits per heavy atom. The number of alkyl halides is 3. The molecule has 2 aliphatic rings. The van der Waals surface area contributed by atoms with Gasteiger partial charge in [-0.3, -0.25) is 19.2 Å². The summed E-state index contributed by atoms with van der Waals surface area (Å²) in [5.74, 6) is -3.10. The van der Waals surface area contributed by atoms with Gasteiger partial charge in [-0.1, -0.05) is 53.4 Å². The number of carbonyl (C=O) groups excluding carboxylic acids is 3. The number of halogens is 3. The fourth-order valence-electron chi connectivity index (χ4n) is 5.31. The first-order chi connectivity index (χ1) is 21.0. The maximum Gasteiger partial charge on any atom is 0.416 e. The molecule has 3 amide bonds. The number of methoxy groups -OCH3 is 1. The van der Waals surface area contributed by atoms with E-state index in [0.29, 0.717) is 21.2 Å². The standard InChI is InChI=1S/C30H22F3N3O6S2/c1-41-20-12-15(10-11-19(20)42-14-21(37)34-17-7-3-2-4-8-17)22-23-25(43-26-24(22)44-29(40)35-26)28(39)36(27(23)38)18-9-5-6-16(13-18)30(31,32)33/h2-13,22-23,25H,14H2,1H3,(H,34,37)(H,35,40)/t22-,23-,25+/m0/s1. The van der Waals surface area contributed by atoms with Gasteiger partial charge < -0.3 is 19.8 Å². The molecule has 4 aromatic rings. The number of anilines is 2. The number of thioether (sulfide) groups is 1. The maximum atomic E-state index is 13.9. The van der Waals surface area contributed by atoms with Crippen molar-refractivity contribution in [3.63, 3.8) is 0 Å². The summed E-state index contributed by atoms with van der Waals surface area (Å²) in [5.41, 5.74) is -0.0578. The Morgan fingerprint density at radius 2 is 1.75 bits per heavy atom. The number of nitrogens with zero attached hydrogens (tertiary/aromatic N) is 1. The van der Waals surface area contributed by atoms with Crippen LogP contribution >= 0.6 is 23.1 Å². The molecule has 0 spiro atoms. The Hall–Kier alpha value is -4.56. The first-order valence-electron chi connectivity index (χ1n) is 13.2. The minimum absolute atomic E-state index is 0.185. The van der Waals surface area contributed by atoms with Crippen molar-refractivity contribution < 1.29 is 37.0 Å². The van der Waals surface area contributed by atoms with E-state index < -0.39 is 46.5 Å². The maximum absolute atomic E-state index is 13.9. The van der Waals surface area contributed by atoms with Gasteiger partial charge in [0, 0.05) is 16.5 Å². The van der Waals surface area contributed by atoms with Crippen molar-refractivity contribution >= 4 is 52.2 Å². The number of carbonyl (C=O) groups is 3. The molecular weight excluding hydrogens is 619 g/mol. The van der Waals surface area contributed by atoms with Gasteiger partial charge >= 0.3 is 11.0 Å². The molecule has 3 heterocycles. The van der Waals surface area contributed by atoms with Gasteiger partial charge in [0.05, 0.1) is 29.3 Å². The summed E-state index contributed by atoms with van der Waals surface area (Å²) in [5, 5.41) is 2.13. The molecule has 2 aliphatic heterocycles. The van der Waals surface area contributed by atoms with Crippen molar-refractivity contribution in [2.45, 2.75) is 22.4 Å². The number of benzene rings is 3. The van der Waals surface area contributed by atoms with Gasteiger partial charge in [0.15, 0.2) is 18.1 Å². The predicted molar refractivity (Wildman–Crippen MR) is 157 cm³/mol. The third-order valence-electron chi connectivity index (χ3n) is 7.22. The molecule has 9 nitrogen and oxygen atoms in total. The van der Waals surface area contributed by atoms with Gasteiger partial charge in [0.1, 0.15) is 5.25 Å². The van der Waals surface area contributed by atoms with E-state index in [9.17, 15) is 32.3 Å². The Labute approximate surface area is 256 Å². The Kier molecular flexibility index (Phi) is 7.72. The van der Waals surface area contributed by atoms with Gasteiger partial charge in [-0.25, -0.2) is 4.90 Å². The number of hydrogen-bond acceptors (Lipinski definition) is 8. The number of hydrogen-bond donors (Lipinski definition) is 2. The summed E-state index contributed by atoms with van der Waals surface area (Å²) >= 11 is 1.91. The number of aromatic nitrogens is 1. The third kappa shape index (κ3) is 5.46. The highest BCUT2D eigenvalue weighted by Crippen LogP contribution is 2.54. The SMILES string of the molecule is COc1cc([C@@H]2c3sc(=O)[nH]c3S[C@H]3C(=O)N(c4cccc(C(F)(F)F)c4)C(=O)[C@@H]23)ccc1OCC(=O)Nc1ccccc1. The van der Waals surface area contributed by atoms with Crippen LogP contribution in [0.5, 0.6) is 11.5 Å². The van der Waals surface area contributed by atoms with Crippen molar-refractivity contribution in [2.75, 3.05) is 23.9 Å². The molecule has 0 aliphatic carbocycles. The summed E-state index contributed by atoms with van der Waals surface area (Å²) in [6, 6.07) is 17.7. The largest absolute Gasteiger partial charge is 0.493 e. The fourth-order valence-corrected chi connectivity index (χ4v) is 7.83. The van der Waals surface area contributed by atoms with Crippen LogP contribution in [0.1, 0.15) is 21.9 Å². The van der Waals surface area contributed by atoms with E-state index in [2.05, 4.69) is 10.3 Å². The first kappa shape index (κ1) is 29.5. The summed E-state index contributed by atoms with van der Waals surface area (Å²) < 4.78 is 51.5. The molecule has 0 radical (unpaired) electrons. The molecule has 1 saturated heterocycles. The van der Waals surface area contributed by atoms with Crippen LogP contribution < -0.4 is 24.6 Å². The predicted octanol–water partition coefficient (Wildman–Crippen LogP) is 5.28. The van der Waals surface area contributed by atoms with Crippen molar-refractivity contribution in [1.82, 2.24) is 4.98 Å². The van der Waals surface area contributed by atoms with E-state index in [1.165, 1.54) is 13.2 Å². The highest BCUT2D eigenvalue weighted by Gasteiger charge is 2.56. The third-order valence-corrected chi connectivity index (χ3v) is 9.62. The van der Waals surface area contributed by atoms with E-state index in [4.69, 9.17) is 9.47 Å². The normalized spacial score (nSPS) is 19.4. The fraction of sp³-hybridized carbons (Fsp3) is 0.200. The second-order valence-corrected chi connectivity index (χ2v) is 12.1. The van der Waals surface area contributed by atoms with Crippen LogP contribution in [0, 0.1) is 5.92 Å². The zero-order valence-corrected chi connectivity index (χ0v) is 24.3. The Balaban J connectivity index is 1.32. The summed E-state index contributed by atoms with van der Waals surface area (Å²) in [6.45, 7) is -0.322. The van der Waals surface area contributed by atoms with Gasteiger partial charge in [0.2, 0.25) is 11.8 Å². The minimum Gasteiger partial charge on any atom is -0.493 e. The average Bonchev–Trinajstić information content (AvgIpc) is 3.50. The average molecular weight is 642 g/mol. The number of rotatable bonds is 7. The van der Waals surface area contributed by atoms with Crippen molar-refractivity contribution in [3.8, 4) is 11.5 Å². The molecule has 1 fully saturated rings. The number of thiazole rings is 1. The lowest BCUT2D eigenvalue weighted by Crippen LogP contribution is -2.32. The molecule has 14 heteroatoms. The second-order valence-electron chi connectivity index (χ2n) is 9.92. The molecule has 0 saturated carbocycles. The number of aromatic amines is 1. The monoisotopic (exact) mass is 641 g/mol. The number of nitrogens with one attached hydrogen (secondary N) is 2. The van der Waals surface area contributed by atoms with Crippen LogP contribution in [0.25, 0.3) is 0 Å². The number of fused-ring (bicyclic) bond motifs is 2. The highest BCUT2D eigenvalue weighted by molar-refractivity contribution is 8.00. The van der Waals surface area contributed by atoms with E-state index in [0.717, 1.165) is 46.2 Å². The number of amides is 3. The number of para-hydroxylation sites is 1. The van der Waals surface area contributed by atoms with Crippen LogP contribution in [-0.2, 0) is 20.6 Å². The second kappa shape index (κ2) is 11.5. The lowest BCUT2D eigenvalue weighted by molar-refractivity contribution is -0.137. The Bertz CT molecular complexity index is 1820. The summed E-state index contributed by atoms with van der Waals surface area (Å²) in [4.78, 5) is 55.9. The van der Waals surface area contributed by atoms with Gasteiger partial charge in [-0.05, 0) is 48.0 Å². The van der Waals surface area contributed by atoms with E-state index >= 15 is 0 Å². The zero-order valence-electron chi connectivity index (χ0n) is 22.7. The topological polar surface area (TPSA) is 118 Å². The first-order valence-corrected chi connectivity index (χ1v) is 14.8. The molecule has 1 aromatic heterocycles. The van der Waals surface area contributed by atoms with Crippen LogP contribution in [-0.4, -0.2) is 41.7 Å². The summed E-state index contributed by atoms with van der Waals surface area (Å²) in [7, 11) is 1.40. The van der Waals surface area contributed by atoms with Gasteiger partial charge in [-0.2, -0.15) is 13.2 Å². The van der Waals surface area contributed by atoms with Crippen LogP contribution in [0.3, 0.4) is 0 Å². The Morgan fingerprint density at radius 3 is 2.48 bits per heavy atom. The zero-order chi connectivity index (χ0) is 31.2. The minimum atomic E-state index is -4.67. The number of H-pyrrole nitrogens is 1. The molecule has 3 aromatic carbocycles. The molecule has 2 N–H and O–H groups in total. The lowest BCUT2D eigenvalue weighted by atomic mass is 9.83. The number of ether oxygens (including phenoxy) is 2. The molecule has 44 heavy (non-hydrogen) atoms. The molecule has 3 atom stereocenters. The molecule has 0 bridgehead atoms. The van der Waals surface area contributed by atoms with Crippen LogP contribution in [0.15, 0.2) is 82.6 Å². The quantitative estimate of drug-likeness (QED) is 0.264. The molecule has 6 rings (SSSR count). The lowest BCUT2D eigenvalue weighted by Gasteiger charge is -2.30. The van der Waals surface area contributed by atoms with Gasteiger partial charge in [0.25, 0.3) is 5.91 Å². The van der Waals surface area contributed by atoms with Crippen molar-refractivity contribution in [2.24, 2.45) is 5.92 Å². The van der Waals surface area contributed by atoms with E-state index in [1.54, 1.807) is 42.5 Å². The van der Waals surface area contributed by atoms with E-state index in [-0.39, 0.29) is 28.7 Å². The summed E-state index contributed by atoms with van der Waals surface area (Å²) in [6.07, 6.45) is -4.67. The van der Waals surface area contributed by atoms with Gasteiger partial charge in [-0.15, -0.1) is 0 Å². The van der Waals surface area contributed by atoms with Crippen molar-refractivity contribution in [1.29, 1.82) is 0 Å². The van der Waals surface area contributed by atoms with E-state index in [1.807, 2.05) is 6.07 Å². The molecule has 226 valence electrons. The van der Waals surface area contributed by atoms with Crippen LogP contribution in [0.4, 0.5) is 24.5 Å².